The summed E-state index contributed by atoms with van der Waals surface area (Å²) >= 11 is 1.04. The minimum absolute atomic E-state index is 0.245. The van der Waals surface area contributed by atoms with Crippen molar-refractivity contribution in [2.45, 2.75) is 0 Å². The van der Waals surface area contributed by atoms with Gasteiger partial charge in [-0.25, -0.2) is 4.68 Å². The number of hydrogen-bond acceptors (Lipinski definition) is 4. The Bertz CT molecular complexity index is 867. The molecule has 23 heavy (non-hydrogen) atoms. The van der Waals surface area contributed by atoms with Crippen molar-refractivity contribution in [2.24, 2.45) is 0 Å². The van der Waals surface area contributed by atoms with Crippen molar-refractivity contribution < 1.29 is 9.53 Å². The molecule has 3 rings (SSSR count). The number of benzene rings is 2. The maximum absolute atomic E-state index is 12.3. The summed E-state index contributed by atoms with van der Waals surface area (Å²) < 4.78 is 6.34. The van der Waals surface area contributed by atoms with Crippen LogP contribution in [0.3, 0.4) is 0 Å². The maximum atomic E-state index is 12.3. The van der Waals surface area contributed by atoms with E-state index in [0.29, 0.717) is 17.0 Å². The van der Waals surface area contributed by atoms with Crippen molar-refractivity contribution in [3.63, 3.8) is 0 Å². The summed E-state index contributed by atoms with van der Waals surface area (Å²) in [6.07, 6.45) is 0. The molecule has 5 nitrogen and oxygen atoms in total. The Hall–Kier alpha value is -2.86. The fraction of sp³-hybridized carbons (Fsp3) is 0.0588. The molecule has 0 unspecified atom stereocenters. The molecule has 1 heterocycles. The van der Waals surface area contributed by atoms with Crippen LogP contribution in [0, 0.1) is 0 Å². The molecule has 0 saturated carbocycles. The first-order valence-corrected chi connectivity index (χ1v) is 7.78. The Morgan fingerprint density at radius 3 is 2.43 bits per heavy atom. The average Bonchev–Trinajstić information content (AvgIpc) is 2.96. The molecule has 1 amide bonds. The van der Waals surface area contributed by atoms with E-state index in [1.165, 1.54) is 4.68 Å². The lowest BCUT2D eigenvalue weighted by Gasteiger charge is -2.10. The number of carbonyl (C=O) groups excluding carboxylic acids is 1. The van der Waals surface area contributed by atoms with Crippen molar-refractivity contribution in [3.8, 4) is 17.0 Å². The summed E-state index contributed by atoms with van der Waals surface area (Å²) in [4.78, 5) is 24.1. The van der Waals surface area contributed by atoms with Gasteiger partial charge in [0.25, 0.3) is 5.91 Å². The van der Waals surface area contributed by atoms with Gasteiger partial charge in [-0.1, -0.05) is 41.7 Å². The van der Waals surface area contributed by atoms with Crippen molar-refractivity contribution in [1.82, 2.24) is 4.68 Å². The van der Waals surface area contributed by atoms with Crippen molar-refractivity contribution in [3.05, 3.63) is 75.2 Å². The zero-order chi connectivity index (χ0) is 16.2. The third-order valence-electron chi connectivity index (χ3n) is 3.33. The lowest BCUT2D eigenvalue weighted by atomic mass is 10.2. The first kappa shape index (κ1) is 15.1. The number of nitrogens with zero attached hydrogens (tertiary/aromatic N) is 1. The van der Waals surface area contributed by atoms with Gasteiger partial charge in [0.2, 0.25) is 0 Å². The van der Waals surface area contributed by atoms with E-state index in [4.69, 9.17) is 4.74 Å². The van der Waals surface area contributed by atoms with Crippen LogP contribution in [0.1, 0.15) is 10.4 Å². The van der Waals surface area contributed by atoms with Crippen molar-refractivity contribution >= 4 is 17.2 Å². The summed E-state index contributed by atoms with van der Waals surface area (Å²) in [7, 11) is 1.56. The quantitative estimate of drug-likeness (QED) is 0.802. The Balaban J connectivity index is 1.89. The highest BCUT2D eigenvalue weighted by molar-refractivity contribution is 7.07. The van der Waals surface area contributed by atoms with E-state index >= 15 is 0 Å². The number of rotatable bonds is 4. The lowest BCUT2D eigenvalue weighted by Crippen LogP contribution is -2.30. The molecule has 2 aromatic carbocycles. The molecular formula is C17H14N2O3S. The van der Waals surface area contributed by atoms with E-state index in [1.54, 1.807) is 36.8 Å². The molecule has 6 heteroatoms. The minimum atomic E-state index is -0.356. The van der Waals surface area contributed by atoms with Gasteiger partial charge in [-0.2, -0.15) is 0 Å². The van der Waals surface area contributed by atoms with Gasteiger partial charge >= 0.3 is 4.87 Å². The van der Waals surface area contributed by atoms with Gasteiger partial charge in [0.15, 0.2) is 0 Å². The van der Waals surface area contributed by atoms with Gasteiger partial charge in [0.05, 0.1) is 12.8 Å². The molecule has 0 aliphatic carbocycles. The third kappa shape index (κ3) is 3.17. The number of amides is 1. The smallest absolute Gasteiger partial charge is 0.326 e. The standard InChI is InChI=1S/C17H14N2O3S/c1-22-14-9-7-13(8-10-14)16(20)18-19-15(11-23-17(19)21)12-5-3-2-4-6-12/h2-11H,1H3,(H,18,20). The SMILES string of the molecule is COc1ccc(C(=O)Nn2c(-c3ccccc3)csc2=O)cc1. The fourth-order valence-corrected chi connectivity index (χ4v) is 2.83. The number of methoxy groups -OCH3 is 1. The number of carbonyl (C=O) groups is 1. The normalized spacial score (nSPS) is 10.3. The third-order valence-corrected chi connectivity index (χ3v) is 4.06. The Morgan fingerprint density at radius 2 is 1.78 bits per heavy atom. The van der Waals surface area contributed by atoms with Gasteiger partial charge in [0.1, 0.15) is 5.75 Å². The molecule has 1 aromatic heterocycles. The molecule has 1 N–H and O–H groups in total. The monoisotopic (exact) mass is 326 g/mol. The number of aromatic nitrogens is 1. The number of thiazole rings is 1. The van der Waals surface area contributed by atoms with Gasteiger partial charge in [-0.15, -0.1) is 0 Å². The highest BCUT2D eigenvalue weighted by Gasteiger charge is 2.13. The summed E-state index contributed by atoms with van der Waals surface area (Å²) in [5.74, 6) is 0.310. The molecule has 0 atom stereocenters. The fourth-order valence-electron chi connectivity index (χ4n) is 2.13. The van der Waals surface area contributed by atoms with Gasteiger partial charge in [-0.3, -0.25) is 15.0 Å². The Morgan fingerprint density at radius 1 is 1.09 bits per heavy atom. The number of ether oxygens (including phenoxy) is 1. The van der Waals surface area contributed by atoms with Gasteiger partial charge in [-0.05, 0) is 24.3 Å². The van der Waals surface area contributed by atoms with E-state index in [0.717, 1.165) is 16.9 Å². The van der Waals surface area contributed by atoms with E-state index in [-0.39, 0.29) is 10.8 Å². The second-order valence-electron chi connectivity index (χ2n) is 4.76. The summed E-state index contributed by atoms with van der Waals surface area (Å²) in [5.41, 5.74) is 4.61. The summed E-state index contributed by atoms with van der Waals surface area (Å²) in [6, 6.07) is 16.1. The summed E-state index contributed by atoms with van der Waals surface area (Å²) in [6.45, 7) is 0. The van der Waals surface area contributed by atoms with E-state index < -0.39 is 0 Å². The van der Waals surface area contributed by atoms with Crippen molar-refractivity contribution in [1.29, 1.82) is 0 Å². The average molecular weight is 326 g/mol. The molecular weight excluding hydrogens is 312 g/mol. The molecule has 0 saturated heterocycles. The first-order chi connectivity index (χ1) is 11.2. The van der Waals surface area contributed by atoms with Crippen LogP contribution in [0.15, 0.2) is 64.8 Å². The topological polar surface area (TPSA) is 60.3 Å². The zero-order valence-electron chi connectivity index (χ0n) is 12.4. The van der Waals surface area contributed by atoms with Crippen LogP contribution >= 0.6 is 11.3 Å². The number of hydrogen-bond donors (Lipinski definition) is 1. The molecule has 0 bridgehead atoms. The molecule has 3 aromatic rings. The van der Waals surface area contributed by atoms with Crippen LogP contribution in [0.25, 0.3) is 11.3 Å². The maximum Gasteiger partial charge on any atom is 0.326 e. The minimum Gasteiger partial charge on any atom is -0.497 e. The largest absolute Gasteiger partial charge is 0.497 e. The molecule has 0 fully saturated rings. The second-order valence-corrected chi connectivity index (χ2v) is 5.58. The van der Waals surface area contributed by atoms with E-state index in [1.807, 2.05) is 30.3 Å². The van der Waals surface area contributed by atoms with Crippen LogP contribution in [-0.4, -0.2) is 17.7 Å². The molecule has 0 aliphatic rings. The zero-order valence-corrected chi connectivity index (χ0v) is 13.2. The molecule has 0 radical (unpaired) electrons. The van der Waals surface area contributed by atoms with Crippen LogP contribution < -0.4 is 15.0 Å². The highest BCUT2D eigenvalue weighted by Crippen LogP contribution is 2.19. The summed E-state index contributed by atoms with van der Waals surface area (Å²) in [5, 5.41) is 1.73. The lowest BCUT2D eigenvalue weighted by molar-refractivity contribution is 0.101. The molecule has 0 spiro atoms. The van der Waals surface area contributed by atoms with Gasteiger partial charge in [0, 0.05) is 16.5 Å². The van der Waals surface area contributed by atoms with Gasteiger partial charge < -0.3 is 4.74 Å². The van der Waals surface area contributed by atoms with Crippen LogP contribution in [-0.2, 0) is 0 Å². The predicted molar refractivity (Wildman–Crippen MR) is 90.7 cm³/mol. The Labute approximate surface area is 136 Å². The highest BCUT2D eigenvalue weighted by atomic mass is 32.1. The second kappa shape index (κ2) is 6.50. The Kier molecular flexibility index (Phi) is 4.25. The van der Waals surface area contributed by atoms with E-state index in [2.05, 4.69) is 5.43 Å². The van der Waals surface area contributed by atoms with Crippen LogP contribution in [0.4, 0.5) is 0 Å². The predicted octanol–water partition coefficient (Wildman–Crippen LogP) is 2.97. The van der Waals surface area contributed by atoms with E-state index in [9.17, 15) is 9.59 Å². The molecule has 116 valence electrons. The first-order valence-electron chi connectivity index (χ1n) is 6.90. The van der Waals surface area contributed by atoms with Crippen LogP contribution in [0.2, 0.25) is 0 Å². The van der Waals surface area contributed by atoms with Crippen molar-refractivity contribution in [2.75, 3.05) is 12.5 Å². The number of nitrogens with one attached hydrogen (secondary N) is 1. The van der Waals surface area contributed by atoms with Crippen LogP contribution in [0.5, 0.6) is 5.75 Å². The molecule has 0 aliphatic heterocycles.